The van der Waals surface area contributed by atoms with E-state index in [-0.39, 0.29) is 5.97 Å². The molecule has 0 aliphatic carbocycles. The maximum atomic E-state index is 11.4. The van der Waals surface area contributed by atoms with Crippen molar-refractivity contribution in [3.8, 4) is 0 Å². The Morgan fingerprint density at radius 2 is 2.00 bits per heavy atom. The minimum absolute atomic E-state index is 0.217. The van der Waals surface area contributed by atoms with Gasteiger partial charge in [-0.3, -0.25) is 9.78 Å². The fraction of sp³-hybridized carbons (Fsp3) is 0.333. The lowest BCUT2D eigenvalue weighted by molar-refractivity contribution is -0.143. The van der Waals surface area contributed by atoms with Crippen LogP contribution in [0.3, 0.4) is 0 Å². The Balaban J connectivity index is 1.60. The standard InChI is InChI=1S/C15H16N6O2S/c1-2-23-13(22)4-3-11-20-21-12(24-11)9-19-15-14-10(5-6-18-15)16-7-8-17-14/h5-8H,2-4,9H2,1H3,(H,18,19). The van der Waals surface area contributed by atoms with Gasteiger partial charge in [0.1, 0.15) is 15.5 Å². The van der Waals surface area contributed by atoms with E-state index < -0.39 is 0 Å². The second-order valence-corrected chi connectivity index (χ2v) is 5.98. The minimum Gasteiger partial charge on any atom is -0.466 e. The van der Waals surface area contributed by atoms with Crippen molar-refractivity contribution in [2.45, 2.75) is 26.3 Å². The molecule has 124 valence electrons. The van der Waals surface area contributed by atoms with Crippen LogP contribution in [0.5, 0.6) is 0 Å². The number of aromatic nitrogens is 5. The van der Waals surface area contributed by atoms with Crippen LogP contribution in [0.4, 0.5) is 5.82 Å². The van der Waals surface area contributed by atoms with E-state index in [1.54, 1.807) is 25.5 Å². The first-order chi connectivity index (χ1) is 11.8. The fourth-order valence-electron chi connectivity index (χ4n) is 2.09. The van der Waals surface area contributed by atoms with E-state index >= 15 is 0 Å². The number of aryl methyl sites for hydroxylation is 1. The molecule has 0 atom stereocenters. The van der Waals surface area contributed by atoms with Gasteiger partial charge in [-0.05, 0) is 13.0 Å². The average Bonchev–Trinajstić information content (AvgIpc) is 3.06. The number of rotatable bonds is 7. The van der Waals surface area contributed by atoms with Crippen LogP contribution < -0.4 is 5.32 Å². The number of fused-ring (bicyclic) bond motifs is 1. The van der Waals surface area contributed by atoms with Crippen molar-refractivity contribution in [3.63, 3.8) is 0 Å². The number of pyridine rings is 1. The average molecular weight is 344 g/mol. The number of esters is 1. The topological polar surface area (TPSA) is 103 Å². The Labute approximate surface area is 142 Å². The first-order valence-corrected chi connectivity index (χ1v) is 8.34. The third-order valence-corrected chi connectivity index (χ3v) is 4.13. The largest absolute Gasteiger partial charge is 0.466 e. The molecule has 3 aromatic rings. The molecule has 0 unspecified atom stereocenters. The predicted molar refractivity (Wildman–Crippen MR) is 89.5 cm³/mol. The van der Waals surface area contributed by atoms with Crippen LogP contribution in [0.2, 0.25) is 0 Å². The van der Waals surface area contributed by atoms with Crippen molar-refractivity contribution >= 4 is 34.2 Å². The lowest BCUT2D eigenvalue weighted by atomic mass is 10.3. The lowest BCUT2D eigenvalue weighted by Crippen LogP contribution is -2.04. The molecule has 0 fully saturated rings. The molecule has 0 amide bonds. The lowest BCUT2D eigenvalue weighted by Gasteiger charge is -2.05. The highest BCUT2D eigenvalue weighted by atomic mass is 32.1. The van der Waals surface area contributed by atoms with Gasteiger partial charge in [0, 0.05) is 25.0 Å². The van der Waals surface area contributed by atoms with Gasteiger partial charge in [0.05, 0.1) is 25.1 Å². The Morgan fingerprint density at radius 1 is 1.17 bits per heavy atom. The van der Waals surface area contributed by atoms with E-state index in [0.717, 1.165) is 15.5 Å². The van der Waals surface area contributed by atoms with Crippen molar-refractivity contribution in [1.82, 2.24) is 25.1 Å². The van der Waals surface area contributed by atoms with Crippen LogP contribution in [0.1, 0.15) is 23.4 Å². The number of ether oxygens (including phenoxy) is 1. The summed E-state index contributed by atoms with van der Waals surface area (Å²) in [5, 5.41) is 13.1. The molecule has 3 rings (SSSR count). The molecule has 0 saturated heterocycles. The molecule has 0 radical (unpaired) electrons. The second-order valence-electron chi connectivity index (χ2n) is 4.83. The zero-order chi connectivity index (χ0) is 16.8. The highest BCUT2D eigenvalue weighted by Gasteiger charge is 2.09. The number of carbonyl (C=O) groups is 1. The molecule has 0 aliphatic heterocycles. The second kappa shape index (κ2) is 7.73. The smallest absolute Gasteiger partial charge is 0.306 e. The maximum Gasteiger partial charge on any atom is 0.306 e. The molecule has 0 aliphatic rings. The molecular formula is C15H16N6O2S. The summed E-state index contributed by atoms with van der Waals surface area (Å²) >= 11 is 1.46. The number of hydrogen-bond acceptors (Lipinski definition) is 9. The molecular weight excluding hydrogens is 328 g/mol. The van der Waals surface area contributed by atoms with Crippen molar-refractivity contribution in [2.24, 2.45) is 0 Å². The molecule has 3 aromatic heterocycles. The highest BCUT2D eigenvalue weighted by Crippen LogP contribution is 2.18. The number of anilines is 1. The summed E-state index contributed by atoms with van der Waals surface area (Å²) in [6, 6.07) is 1.81. The number of nitrogens with one attached hydrogen (secondary N) is 1. The fourth-order valence-corrected chi connectivity index (χ4v) is 2.87. The first kappa shape index (κ1) is 16.2. The Bertz CT molecular complexity index is 832. The Hall–Kier alpha value is -2.68. The number of nitrogens with zero attached hydrogens (tertiary/aromatic N) is 5. The first-order valence-electron chi connectivity index (χ1n) is 7.52. The van der Waals surface area contributed by atoms with Crippen LogP contribution >= 0.6 is 11.3 Å². The van der Waals surface area contributed by atoms with Crippen molar-refractivity contribution in [1.29, 1.82) is 0 Å². The van der Waals surface area contributed by atoms with E-state index in [2.05, 4.69) is 30.5 Å². The van der Waals surface area contributed by atoms with Crippen LogP contribution in [0, 0.1) is 0 Å². The van der Waals surface area contributed by atoms with Crippen LogP contribution in [-0.2, 0) is 22.5 Å². The molecule has 1 N–H and O–H groups in total. The predicted octanol–water partition coefficient (Wildman–Crippen LogP) is 1.98. The van der Waals surface area contributed by atoms with Gasteiger partial charge in [0.15, 0.2) is 5.82 Å². The number of hydrogen-bond donors (Lipinski definition) is 1. The van der Waals surface area contributed by atoms with Gasteiger partial charge < -0.3 is 10.1 Å². The monoisotopic (exact) mass is 344 g/mol. The molecule has 0 bridgehead atoms. The zero-order valence-electron chi connectivity index (χ0n) is 13.1. The van der Waals surface area contributed by atoms with Gasteiger partial charge in [-0.15, -0.1) is 10.2 Å². The van der Waals surface area contributed by atoms with Gasteiger partial charge in [-0.1, -0.05) is 11.3 Å². The van der Waals surface area contributed by atoms with Gasteiger partial charge >= 0.3 is 5.97 Å². The molecule has 0 saturated carbocycles. The Kier molecular flexibility index (Phi) is 5.22. The molecule has 9 heteroatoms. The zero-order valence-corrected chi connectivity index (χ0v) is 13.9. The third kappa shape index (κ3) is 3.99. The Morgan fingerprint density at radius 3 is 2.88 bits per heavy atom. The normalized spacial score (nSPS) is 10.7. The summed E-state index contributed by atoms with van der Waals surface area (Å²) in [7, 11) is 0. The van der Waals surface area contributed by atoms with Crippen LogP contribution in [-0.4, -0.2) is 37.7 Å². The third-order valence-electron chi connectivity index (χ3n) is 3.15. The number of carbonyl (C=O) groups excluding carboxylic acids is 1. The van der Waals surface area contributed by atoms with Gasteiger partial charge in [-0.2, -0.15) is 0 Å². The van der Waals surface area contributed by atoms with Crippen LogP contribution in [0.15, 0.2) is 24.7 Å². The van der Waals surface area contributed by atoms with Crippen LogP contribution in [0.25, 0.3) is 11.0 Å². The van der Waals surface area contributed by atoms with E-state index in [9.17, 15) is 4.79 Å². The van der Waals surface area contributed by atoms with E-state index in [0.29, 0.717) is 37.3 Å². The molecule has 0 aromatic carbocycles. The summed E-state index contributed by atoms with van der Waals surface area (Å²) in [4.78, 5) is 24.2. The van der Waals surface area contributed by atoms with E-state index in [4.69, 9.17) is 4.74 Å². The maximum absolute atomic E-state index is 11.4. The van der Waals surface area contributed by atoms with E-state index in [1.165, 1.54) is 11.3 Å². The quantitative estimate of drug-likeness (QED) is 0.649. The molecule has 24 heavy (non-hydrogen) atoms. The molecule has 8 nitrogen and oxygen atoms in total. The summed E-state index contributed by atoms with van der Waals surface area (Å²) in [5.41, 5.74) is 1.49. The van der Waals surface area contributed by atoms with Gasteiger partial charge in [0.2, 0.25) is 0 Å². The van der Waals surface area contributed by atoms with Gasteiger partial charge in [-0.25, -0.2) is 9.97 Å². The SMILES string of the molecule is CCOC(=O)CCc1nnc(CNc2nccc3nccnc23)s1. The molecule has 3 heterocycles. The van der Waals surface area contributed by atoms with E-state index in [1.807, 2.05) is 6.07 Å². The summed E-state index contributed by atoms with van der Waals surface area (Å²) in [5.74, 6) is 0.440. The van der Waals surface area contributed by atoms with Crippen molar-refractivity contribution < 1.29 is 9.53 Å². The minimum atomic E-state index is -0.217. The van der Waals surface area contributed by atoms with Crippen molar-refractivity contribution in [2.75, 3.05) is 11.9 Å². The van der Waals surface area contributed by atoms with Gasteiger partial charge in [0.25, 0.3) is 0 Å². The summed E-state index contributed by atoms with van der Waals surface area (Å²) < 4.78 is 4.90. The summed E-state index contributed by atoms with van der Waals surface area (Å²) in [6.07, 6.45) is 5.81. The van der Waals surface area contributed by atoms with Crippen molar-refractivity contribution in [3.05, 3.63) is 34.7 Å². The summed E-state index contributed by atoms with van der Waals surface area (Å²) in [6.45, 7) is 2.67. The molecule has 0 spiro atoms. The highest BCUT2D eigenvalue weighted by molar-refractivity contribution is 7.11.